The maximum atomic E-state index is 5.87. The molecule has 1 nitrogen and oxygen atoms in total. The fraction of sp³-hybridized carbons (Fsp3) is 0. The van der Waals surface area contributed by atoms with Gasteiger partial charge in [0.2, 0.25) is 0 Å². The van der Waals surface area contributed by atoms with Crippen LogP contribution < -0.4 is 4.74 Å². The van der Waals surface area contributed by atoms with Gasteiger partial charge in [0.1, 0.15) is 11.5 Å². The van der Waals surface area contributed by atoms with E-state index in [1.807, 2.05) is 48.5 Å². The average Bonchev–Trinajstić information content (AvgIpc) is 2.75. The van der Waals surface area contributed by atoms with Crippen molar-refractivity contribution in [2.75, 3.05) is 0 Å². The molecule has 0 aromatic heterocycles. The molecule has 27 heavy (non-hydrogen) atoms. The summed E-state index contributed by atoms with van der Waals surface area (Å²) in [5, 5.41) is 0. The Hall–Kier alpha value is -3.58. The molecule has 4 aromatic carbocycles. The highest BCUT2D eigenvalue weighted by Gasteiger charge is 2.01. The largest absolute Gasteiger partial charge is 0.457 e. The van der Waals surface area contributed by atoms with Crippen LogP contribution in [0.1, 0.15) is 11.1 Å². The third-order valence-corrected chi connectivity index (χ3v) is 4.32. The van der Waals surface area contributed by atoms with E-state index in [9.17, 15) is 0 Å². The number of para-hydroxylation sites is 1. The second kappa shape index (κ2) is 8.20. The molecule has 0 saturated heterocycles. The third-order valence-electron chi connectivity index (χ3n) is 4.32. The van der Waals surface area contributed by atoms with Crippen molar-refractivity contribution in [3.63, 3.8) is 0 Å². The average molecular weight is 348 g/mol. The minimum atomic E-state index is 0.838. The molecule has 4 rings (SSSR count). The summed E-state index contributed by atoms with van der Waals surface area (Å²) in [6.07, 6.45) is 4.28. The van der Waals surface area contributed by atoms with Gasteiger partial charge < -0.3 is 4.74 Å². The predicted molar refractivity (Wildman–Crippen MR) is 114 cm³/mol. The Labute approximate surface area is 160 Å². The van der Waals surface area contributed by atoms with E-state index in [0.29, 0.717) is 0 Å². The Morgan fingerprint density at radius 2 is 1.04 bits per heavy atom. The van der Waals surface area contributed by atoms with E-state index < -0.39 is 0 Å². The summed E-state index contributed by atoms with van der Waals surface area (Å²) in [6, 6.07) is 36.9. The molecule has 0 aliphatic rings. The van der Waals surface area contributed by atoms with E-state index in [1.165, 1.54) is 22.3 Å². The van der Waals surface area contributed by atoms with Crippen LogP contribution in [0.15, 0.2) is 109 Å². The standard InChI is InChI=1S/C26H20O/c1-3-8-21(9-4-1)14-15-22-10-7-11-24(20-22)23-16-18-26(19-17-23)27-25-12-5-2-6-13-25/h1-20H. The van der Waals surface area contributed by atoms with E-state index in [0.717, 1.165) is 11.5 Å². The van der Waals surface area contributed by atoms with Gasteiger partial charge in [0, 0.05) is 0 Å². The number of rotatable bonds is 5. The summed E-state index contributed by atoms with van der Waals surface area (Å²) in [5.74, 6) is 1.68. The highest BCUT2D eigenvalue weighted by molar-refractivity contribution is 5.73. The fourth-order valence-electron chi connectivity index (χ4n) is 2.92. The number of hydrogen-bond acceptors (Lipinski definition) is 1. The van der Waals surface area contributed by atoms with Crippen molar-refractivity contribution in [1.29, 1.82) is 0 Å². The Morgan fingerprint density at radius 1 is 0.444 bits per heavy atom. The maximum absolute atomic E-state index is 5.87. The van der Waals surface area contributed by atoms with Crippen LogP contribution in [-0.4, -0.2) is 0 Å². The van der Waals surface area contributed by atoms with Crippen molar-refractivity contribution in [2.45, 2.75) is 0 Å². The first-order valence-corrected chi connectivity index (χ1v) is 9.03. The Balaban J connectivity index is 1.51. The lowest BCUT2D eigenvalue weighted by atomic mass is 10.0. The monoisotopic (exact) mass is 348 g/mol. The van der Waals surface area contributed by atoms with E-state index in [4.69, 9.17) is 4.74 Å². The van der Waals surface area contributed by atoms with Gasteiger partial charge in [0.05, 0.1) is 0 Å². The molecule has 0 atom stereocenters. The Kier molecular flexibility index (Phi) is 5.12. The van der Waals surface area contributed by atoms with E-state index in [2.05, 4.69) is 72.8 Å². The van der Waals surface area contributed by atoms with Gasteiger partial charge in [-0.3, -0.25) is 0 Å². The van der Waals surface area contributed by atoms with Crippen LogP contribution in [0.3, 0.4) is 0 Å². The molecule has 0 aliphatic heterocycles. The summed E-state index contributed by atoms with van der Waals surface area (Å²) in [6.45, 7) is 0. The van der Waals surface area contributed by atoms with Gasteiger partial charge in [-0.15, -0.1) is 0 Å². The summed E-state index contributed by atoms with van der Waals surface area (Å²) in [5.41, 5.74) is 4.74. The second-order valence-corrected chi connectivity index (χ2v) is 6.31. The number of ether oxygens (including phenoxy) is 1. The minimum Gasteiger partial charge on any atom is -0.457 e. The SMILES string of the molecule is C(=Cc1cccc(-c2ccc(Oc3ccccc3)cc2)c1)c1ccccc1. The van der Waals surface area contributed by atoms with Crippen molar-refractivity contribution in [3.8, 4) is 22.6 Å². The Bertz CT molecular complexity index is 1020. The van der Waals surface area contributed by atoms with Crippen molar-refractivity contribution in [2.24, 2.45) is 0 Å². The highest BCUT2D eigenvalue weighted by Crippen LogP contribution is 2.26. The molecule has 0 bridgehead atoms. The van der Waals surface area contributed by atoms with Gasteiger partial charge in [-0.2, -0.15) is 0 Å². The maximum Gasteiger partial charge on any atom is 0.127 e. The van der Waals surface area contributed by atoms with Crippen LogP contribution >= 0.6 is 0 Å². The molecular weight excluding hydrogens is 328 g/mol. The van der Waals surface area contributed by atoms with Gasteiger partial charge in [0.25, 0.3) is 0 Å². The first-order chi connectivity index (χ1) is 13.4. The zero-order valence-corrected chi connectivity index (χ0v) is 15.0. The Morgan fingerprint density at radius 3 is 1.78 bits per heavy atom. The van der Waals surface area contributed by atoms with E-state index >= 15 is 0 Å². The zero-order valence-electron chi connectivity index (χ0n) is 15.0. The quantitative estimate of drug-likeness (QED) is 0.343. The lowest BCUT2D eigenvalue weighted by molar-refractivity contribution is 0.483. The normalized spacial score (nSPS) is 10.8. The summed E-state index contributed by atoms with van der Waals surface area (Å²) >= 11 is 0. The van der Waals surface area contributed by atoms with Crippen molar-refractivity contribution in [1.82, 2.24) is 0 Å². The molecule has 0 heterocycles. The minimum absolute atomic E-state index is 0.838. The summed E-state index contributed by atoms with van der Waals surface area (Å²) < 4.78 is 5.87. The lowest BCUT2D eigenvalue weighted by Crippen LogP contribution is -1.84. The first kappa shape index (κ1) is 16.9. The second-order valence-electron chi connectivity index (χ2n) is 6.31. The molecule has 0 spiro atoms. The molecule has 0 amide bonds. The van der Waals surface area contributed by atoms with E-state index in [-0.39, 0.29) is 0 Å². The van der Waals surface area contributed by atoms with Gasteiger partial charge >= 0.3 is 0 Å². The van der Waals surface area contributed by atoms with Crippen LogP contribution in [0, 0.1) is 0 Å². The van der Waals surface area contributed by atoms with Gasteiger partial charge in [-0.05, 0) is 52.6 Å². The molecule has 0 aliphatic carbocycles. The topological polar surface area (TPSA) is 9.23 Å². The molecule has 130 valence electrons. The van der Waals surface area contributed by atoms with Crippen LogP contribution in [0.25, 0.3) is 23.3 Å². The molecule has 0 N–H and O–H groups in total. The molecular formula is C26H20O. The van der Waals surface area contributed by atoms with Crippen molar-refractivity contribution < 1.29 is 4.74 Å². The summed E-state index contributed by atoms with van der Waals surface area (Å²) in [7, 11) is 0. The first-order valence-electron chi connectivity index (χ1n) is 9.03. The summed E-state index contributed by atoms with van der Waals surface area (Å²) in [4.78, 5) is 0. The predicted octanol–water partition coefficient (Wildman–Crippen LogP) is 7.32. The van der Waals surface area contributed by atoms with Crippen LogP contribution in [-0.2, 0) is 0 Å². The third kappa shape index (κ3) is 4.53. The van der Waals surface area contributed by atoms with Crippen LogP contribution in [0.4, 0.5) is 0 Å². The van der Waals surface area contributed by atoms with Gasteiger partial charge in [0.15, 0.2) is 0 Å². The molecule has 0 fully saturated rings. The van der Waals surface area contributed by atoms with Gasteiger partial charge in [-0.25, -0.2) is 0 Å². The molecule has 0 saturated carbocycles. The number of hydrogen-bond donors (Lipinski definition) is 0. The molecule has 0 unspecified atom stereocenters. The smallest absolute Gasteiger partial charge is 0.127 e. The van der Waals surface area contributed by atoms with Crippen LogP contribution in [0.5, 0.6) is 11.5 Å². The lowest BCUT2D eigenvalue weighted by Gasteiger charge is -2.07. The van der Waals surface area contributed by atoms with E-state index in [1.54, 1.807) is 0 Å². The fourth-order valence-corrected chi connectivity index (χ4v) is 2.92. The molecule has 1 heteroatoms. The van der Waals surface area contributed by atoms with Gasteiger partial charge in [-0.1, -0.05) is 91.0 Å². The molecule has 0 radical (unpaired) electrons. The highest BCUT2D eigenvalue weighted by atomic mass is 16.5. The van der Waals surface area contributed by atoms with Crippen LogP contribution in [0.2, 0.25) is 0 Å². The number of benzene rings is 4. The van der Waals surface area contributed by atoms with Crippen molar-refractivity contribution >= 4 is 12.2 Å². The van der Waals surface area contributed by atoms with Crippen molar-refractivity contribution in [3.05, 3.63) is 120 Å². The molecule has 4 aromatic rings. The zero-order chi connectivity index (χ0) is 18.3.